The van der Waals surface area contributed by atoms with E-state index in [9.17, 15) is 0 Å². The van der Waals surface area contributed by atoms with Gasteiger partial charge in [0.1, 0.15) is 5.58 Å². The van der Waals surface area contributed by atoms with Gasteiger partial charge >= 0.3 is 0 Å². The Hall–Kier alpha value is -5.86. The Kier molecular flexibility index (Phi) is 7.22. The van der Waals surface area contributed by atoms with Crippen molar-refractivity contribution in [3.8, 4) is 22.3 Å². The van der Waals surface area contributed by atoms with Gasteiger partial charge in [-0.2, -0.15) is 0 Å². The zero-order valence-electron chi connectivity index (χ0n) is 27.6. The van der Waals surface area contributed by atoms with Gasteiger partial charge in [0.15, 0.2) is 5.58 Å². The number of para-hydroxylation sites is 2. The van der Waals surface area contributed by atoms with E-state index in [4.69, 9.17) is 4.42 Å². The van der Waals surface area contributed by atoms with E-state index in [2.05, 4.69) is 178 Å². The highest BCUT2D eigenvalue weighted by Crippen LogP contribution is 2.55. The molecule has 0 atom stereocenters. The topological polar surface area (TPSA) is 16.4 Å². The lowest BCUT2D eigenvalue weighted by molar-refractivity contribution is 0.660. The van der Waals surface area contributed by atoms with Crippen LogP contribution in [-0.2, 0) is 5.41 Å². The Morgan fingerprint density at radius 3 is 2.06 bits per heavy atom. The van der Waals surface area contributed by atoms with E-state index in [0.29, 0.717) is 0 Å². The number of nitrogens with zero attached hydrogens (tertiary/aromatic N) is 1. The molecule has 0 fully saturated rings. The third-order valence-electron chi connectivity index (χ3n) is 9.84. The molecule has 7 aromatic rings. The molecule has 6 aromatic carbocycles. The monoisotopic (exact) mass is 619 g/mol. The zero-order chi connectivity index (χ0) is 32.8. The first-order valence-corrected chi connectivity index (χ1v) is 16.6. The molecule has 1 aliphatic carbocycles. The predicted molar refractivity (Wildman–Crippen MR) is 204 cm³/mol. The summed E-state index contributed by atoms with van der Waals surface area (Å²) >= 11 is 0. The SMILES string of the molecule is C=C/C=C\C(=C/C)c1cccc2c1oc1c(N(c3ccc(-c4ccccc4)cc3)c3cccc4c3-c3ccccc3C4(C)C)cccc12. The average molecular weight is 620 g/mol. The molecule has 1 aromatic heterocycles. The largest absolute Gasteiger partial charge is 0.453 e. The van der Waals surface area contributed by atoms with Gasteiger partial charge in [0, 0.05) is 33.0 Å². The van der Waals surface area contributed by atoms with E-state index in [0.717, 1.165) is 50.1 Å². The van der Waals surface area contributed by atoms with Gasteiger partial charge in [0.25, 0.3) is 0 Å². The number of allylic oxidation sites excluding steroid dienone is 5. The molecule has 0 bridgehead atoms. The normalized spacial score (nSPS) is 13.6. The number of hydrogen-bond donors (Lipinski definition) is 0. The molecule has 0 N–H and O–H groups in total. The number of benzene rings is 6. The molecule has 48 heavy (non-hydrogen) atoms. The van der Waals surface area contributed by atoms with Crippen molar-refractivity contribution in [2.75, 3.05) is 4.90 Å². The second-order valence-electron chi connectivity index (χ2n) is 12.9. The summed E-state index contributed by atoms with van der Waals surface area (Å²) in [6, 6.07) is 48.0. The molecule has 0 unspecified atom stereocenters. The van der Waals surface area contributed by atoms with Gasteiger partial charge in [-0.15, -0.1) is 0 Å². The van der Waals surface area contributed by atoms with Gasteiger partial charge in [-0.1, -0.05) is 154 Å². The zero-order valence-corrected chi connectivity index (χ0v) is 27.6. The van der Waals surface area contributed by atoms with Crippen LogP contribution >= 0.6 is 0 Å². The molecule has 0 spiro atoms. The minimum atomic E-state index is -0.118. The number of hydrogen-bond acceptors (Lipinski definition) is 2. The first kappa shape index (κ1) is 29.5. The Bertz CT molecular complexity index is 2390. The molecular formula is C46H37NO. The Morgan fingerprint density at radius 2 is 1.29 bits per heavy atom. The molecule has 2 heteroatoms. The maximum Gasteiger partial charge on any atom is 0.159 e. The third-order valence-corrected chi connectivity index (χ3v) is 9.84. The van der Waals surface area contributed by atoms with E-state index in [1.165, 1.54) is 33.4 Å². The second-order valence-corrected chi connectivity index (χ2v) is 12.9. The second kappa shape index (κ2) is 11.7. The number of fused-ring (bicyclic) bond motifs is 6. The average Bonchev–Trinajstić information content (AvgIpc) is 3.63. The van der Waals surface area contributed by atoms with Gasteiger partial charge in [-0.05, 0) is 64.6 Å². The molecule has 0 aliphatic heterocycles. The molecule has 2 nitrogen and oxygen atoms in total. The fourth-order valence-corrected chi connectivity index (χ4v) is 7.49. The van der Waals surface area contributed by atoms with Gasteiger partial charge in [0.2, 0.25) is 0 Å². The van der Waals surface area contributed by atoms with Crippen LogP contribution in [0.5, 0.6) is 0 Å². The fraction of sp³-hybridized carbons (Fsp3) is 0.0870. The lowest BCUT2D eigenvalue weighted by Gasteiger charge is -2.29. The van der Waals surface area contributed by atoms with Crippen molar-refractivity contribution in [1.29, 1.82) is 0 Å². The van der Waals surface area contributed by atoms with Crippen LogP contribution in [0.25, 0.3) is 49.8 Å². The molecule has 0 saturated heterocycles. The highest BCUT2D eigenvalue weighted by Gasteiger charge is 2.38. The van der Waals surface area contributed by atoms with E-state index < -0.39 is 0 Å². The summed E-state index contributed by atoms with van der Waals surface area (Å²) < 4.78 is 6.98. The van der Waals surface area contributed by atoms with Crippen molar-refractivity contribution >= 4 is 44.6 Å². The summed E-state index contributed by atoms with van der Waals surface area (Å²) in [5.41, 5.74) is 14.6. The van der Waals surface area contributed by atoms with E-state index in [1.54, 1.807) is 6.08 Å². The Balaban J connectivity index is 1.40. The van der Waals surface area contributed by atoms with Crippen molar-refractivity contribution in [3.63, 3.8) is 0 Å². The maximum atomic E-state index is 6.98. The van der Waals surface area contributed by atoms with Crippen molar-refractivity contribution < 1.29 is 4.42 Å². The molecule has 232 valence electrons. The molecular weight excluding hydrogens is 583 g/mol. The predicted octanol–water partition coefficient (Wildman–Crippen LogP) is 13.2. The van der Waals surface area contributed by atoms with Gasteiger partial charge in [0.05, 0.1) is 11.4 Å². The smallest absolute Gasteiger partial charge is 0.159 e. The molecule has 0 radical (unpaired) electrons. The minimum Gasteiger partial charge on any atom is -0.453 e. The van der Waals surface area contributed by atoms with Crippen molar-refractivity contribution in [3.05, 3.63) is 181 Å². The van der Waals surface area contributed by atoms with Crippen LogP contribution < -0.4 is 4.90 Å². The first-order valence-electron chi connectivity index (χ1n) is 16.6. The van der Waals surface area contributed by atoms with Crippen molar-refractivity contribution in [1.82, 2.24) is 0 Å². The molecule has 0 amide bonds. The Labute approximate surface area is 282 Å². The van der Waals surface area contributed by atoms with Crippen LogP contribution in [0.3, 0.4) is 0 Å². The number of furan rings is 1. The highest BCUT2D eigenvalue weighted by atomic mass is 16.3. The number of rotatable bonds is 7. The van der Waals surface area contributed by atoms with Crippen LogP contribution in [-0.4, -0.2) is 0 Å². The Morgan fingerprint density at radius 1 is 0.646 bits per heavy atom. The van der Waals surface area contributed by atoms with Crippen molar-refractivity contribution in [2.24, 2.45) is 0 Å². The van der Waals surface area contributed by atoms with Crippen LogP contribution in [0, 0.1) is 0 Å². The van der Waals surface area contributed by atoms with Gasteiger partial charge in [-0.25, -0.2) is 0 Å². The van der Waals surface area contributed by atoms with E-state index >= 15 is 0 Å². The maximum absolute atomic E-state index is 6.98. The standard InChI is InChI=1S/C46H37NO/c1-5-7-16-31(6-2)35-20-13-21-36-37-22-14-26-42(45(37)48-44(35)36)47(34-29-27-33(28-30-34)32-17-9-8-10-18-32)41-25-15-24-40-43(41)38-19-11-12-23-39(38)46(40,3)4/h5-30H,1H2,2-4H3/b16-7-,31-6+. The lowest BCUT2D eigenvalue weighted by Crippen LogP contribution is -2.16. The van der Waals surface area contributed by atoms with Crippen LogP contribution in [0.1, 0.15) is 37.5 Å². The van der Waals surface area contributed by atoms with Gasteiger partial charge < -0.3 is 9.32 Å². The summed E-state index contributed by atoms with van der Waals surface area (Å²) in [7, 11) is 0. The molecule has 1 aliphatic rings. The minimum absolute atomic E-state index is 0.118. The highest BCUT2D eigenvalue weighted by molar-refractivity contribution is 6.13. The molecule has 0 saturated carbocycles. The number of anilines is 3. The first-order chi connectivity index (χ1) is 23.5. The lowest BCUT2D eigenvalue weighted by atomic mass is 9.82. The van der Waals surface area contributed by atoms with Crippen LogP contribution in [0.15, 0.2) is 169 Å². The van der Waals surface area contributed by atoms with E-state index in [-0.39, 0.29) is 5.41 Å². The summed E-state index contributed by atoms with van der Waals surface area (Å²) in [6.07, 6.45) is 7.98. The van der Waals surface area contributed by atoms with Crippen LogP contribution in [0.4, 0.5) is 17.1 Å². The molecule has 8 rings (SSSR count). The molecule has 1 heterocycles. The third kappa shape index (κ3) is 4.64. The summed E-state index contributed by atoms with van der Waals surface area (Å²) in [5.74, 6) is 0. The summed E-state index contributed by atoms with van der Waals surface area (Å²) in [5, 5.41) is 2.19. The summed E-state index contributed by atoms with van der Waals surface area (Å²) in [6.45, 7) is 10.6. The fourth-order valence-electron chi connectivity index (χ4n) is 7.49. The van der Waals surface area contributed by atoms with E-state index in [1.807, 2.05) is 6.08 Å². The van der Waals surface area contributed by atoms with Crippen LogP contribution in [0.2, 0.25) is 0 Å². The van der Waals surface area contributed by atoms with Crippen molar-refractivity contribution in [2.45, 2.75) is 26.2 Å². The quantitative estimate of drug-likeness (QED) is 0.165. The summed E-state index contributed by atoms with van der Waals surface area (Å²) in [4.78, 5) is 2.39. The van der Waals surface area contributed by atoms with Gasteiger partial charge in [-0.3, -0.25) is 0 Å².